The van der Waals surface area contributed by atoms with E-state index in [9.17, 15) is 10.2 Å². The van der Waals surface area contributed by atoms with E-state index >= 15 is 0 Å². The predicted molar refractivity (Wildman–Crippen MR) is 105 cm³/mol. The number of allylic oxidation sites excluding steroid dienone is 1. The minimum Gasteiger partial charge on any atom is -0.396 e. The van der Waals surface area contributed by atoms with Crippen LogP contribution in [0.2, 0.25) is 0 Å². The van der Waals surface area contributed by atoms with Gasteiger partial charge in [0.15, 0.2) is 0 Å². The van der Waals surface area contributed by atoms with Gasteiger partial charge in [-0.25, -0.2) is 0 Å². The van der Waals surface area contributed by atoms with E-state index in [-0.39, 0.29) is 36.4 Å². The Hall–Kier alpha value is -0.420. The summed E-state index contributed by atoms with van der Waals surface area (Å²) in [6.45, 7) is 11.2. The molecule has 3 heterocycles. The topological polar surface area (TPSA) is 52.9 Å². The smallest absolute Gasteiger partial charge is 0.117 e. The minimum absolute atomic E-state index is 0.0561. The van der Waals surface area contributed by atoms with Gasteiger partial charge in [-0.1, -0.05) is 25.5 Å². The normalized spacial score (nSPS) is 53.9. The molecule has 3 aliphatic carbocycles. The van der Waals surface area contributed by atoms with Gasteiger partial charge in [-0.05, 0) is 68.6 Å². The van der Waals surface area contributed by atoms with Crippen molar-refractivity contribution < 1.29 is 14.9 Å². The van der Waals surface area contributed by atoms with Crippen LogP contribution in [0, 0.1) is 34.0 Å². The van der Waals surface area contributed by atoms with Gasteiger partial charge in [0, 0.05) is 23.9 Å². The van der Waals surface area contributed by atoms with E-state index in [1.165, 1.54) is 31.3 Å². The molecule has 0 aromatic carbocycles. The van der Waals surface area contributed by atoms with Gasteiger partial charge >= 0.3 is 0 Å². The molecule has 6 rings (SSSR count). The molecular weight excluding hydrogens is 338 g/mol. The van der Waals surface area contributed by atoms with Crippen LogP contribution >= 0.6 is 0 Å². The molecule has 6 aliphatic rings. The fraction of sp³-hybridized carbons (Fsp3) is 0.913. The summed E-state index contributed by atoms with van der Waals surface area (Å²) in [7, 11) is 0. The molecule has 1 spiro atoms. The van der Waals surface area contributed by atoms with Gasteiger partial charge < -0.3 is 14.9 Å². The van der Waals surface area contributed by atoms with Crippen molar-refractivity contribution in [3.05, 3.63) is 12.2 Å². The Morgan fingerprint density at radius 3 is 2.70 bits per heavy atom. The molecule has 3 aliphatic heterocycles. The predicted octanol–water partition coefficient (Wildman–Crippen LogP) is 3.19. The first-order chi connectivity index (χ1) is 12.9. The fourth-order valence-corrected chi connectivity index (χ4v) is 8.73. The number of hydrogen-bond acceptors (Lipinski definition) is 4. The van der Waals surface area contributed by atoms with E-state index in [1.807, 2.05) is 0 Å². The van der Waals surface area contributed by atoms with Gasteiger partial charge in [-0.15, -0.1) is 0 Å². The largest absolute Gasteiger partial charge is 0.396 e. The maximum absolute atomic E-state index is 10.7. The molecule has 5 bridgehead atoms. The molecule has 4 unspecified atom stereocenters. The molecule has 6 fully saturated rings. The number of likely N-dealkylation sites (tertiary alicyclic amines) is 1. The molecule has 152 valence electrons. The molecule has 3 saturated heterocycles. The average Bonchev–Trinajstić information content (AvgIpc) is 2.65. The highest BCUT2D eigenvalue weighted by atomic mass is 16.5. The summed E-state index contributed by atoms with van der Waals surface area (Å²) in [5.74, 6) is 1.81. The second kappa shape index (κ2) is 6.04. The van der Waals surface area contributed by atoms with E-state index in [0.717, 1.165) is 25.8 Å². The number of nitrogens with zero attached hydrogens (tertiary/aromatic N) is 1. The lowest BCUT2D eigenvalue weighted by Gasteiger charge is -2.77. The molecule has 0 radical (unpaired) electrons. The molecule has 4 nitrogen and oxygen atoms in total. The van der Waals surface area contributed by atoms with E-state index in [4.69, 9.17) is 4.74 Å². The Morgan fingerprint density at radius 1 is 1.19 bits per heavy atom. The van der Waals surface area contributed by atoms with Crippen molar-refractivity contribution in [1.82, 2.24) is 4.90 Å². The van der Waals surface area contributed by atoms with Crippen LogP contribution < -0.4 is 0 Å². The quantitative estimate of drug-likeness (QED) is 0.741. The molecule has 8 atom stereocenters. The lowest BCUT2D eigenvalue weighted by molar-refractivity contribution is -0.394. The van der Waals surface area contributed by atoms with Gasteiger partial charge in [0.1, 0.15) is 6.23 Å². The number of aliphatic hydroxyl groups is 2. The molecule has 2 N–H and O–H groups in total. The third-order valence-corrected chi connectivity index (χ3v) is 9.79. The van der Waals surface area contributed by atoms with Gasteiger partial charge in [0.2, 0.25) is 0 Å². The lowest BCUT2D eigenvalue weighted by atomic mass is 9.35. The minimum atomic E-state index is -0.0561. The maximum Gasteiger partial charge on any atom is 0.117 e. The first-order valence-corrected chi connectivity index (χ1v) is 11.2. The monoisotopic (exact) mass is 375 g/mol. The second-order valence-electron chi connectivity index (χ2n) is 10.8. The highest BCUT2D eigenvalue weighted by Crippen LogP contribution is 2.75. The summed E-state index contributed by atoms with van der Waals surface area (Å²) in [6.07, 6.45) is 8.64. The summed E-state index contributed by atoms with van der Waals surface area (Å²) in [4.78, 5) is 2.47. The van der Waals surface area contributed by atoms with E-state index < -0.39 is 0 Å². The van der Waals surface area contributed by atoms with Crippen molar-refractivity contribution in [1.29, 1.82) is 0 Å². The Bertz CT molecular complexity index is 637. The van der Waals surface area contributed by atoms with Crippen LogP contribution in [0.3, 0.4) is 0 Å². The van der Waals surface area contributed by atoms with Crippen molar-refractivity contribution in [3.8, 4) is 0 Å². The number of rotatable bonds is 4. The Morgan fingerprint density at radius 2 is 2.00 bits per heavy atom. The summed E-state index contributed by atoms with van der Waals surface area (Å²) < 4.78 is 6.83. The molecule has 0 aromatic heterocycles. The zero-order chi connectivity index (χ0) is 19.0. The van der Waals surface area contributed by atoms with Gasteiger partial charge in [-0.2, -0.15) is 0 Å². The van der Waals surface area contributed by atoms with Gasteiger partial charge in [-0.3, -0.25) is 4.90 Å². The molecule has 27 heavy (non-hydrogen) atoms. The lowest BCUT2D eigenvalue weighted by Crippen LogP contribution is -2.80. The molecule has 3 saturated carbocycles. The Balaban J connectivity index is 1.63. The standard InChI is InChI=1S/C23H37NO3/c1-15(2)16-5-8-22(14-26)18(11-16)23-7-4-6-21(3)13-24(9-10-25)20(23)27-19(22)12-17(21)23/h16-20,25-26H,1,4-14H2,2-3H3/t16-,17?,18?,19?,20+,21?,22-,23-/m1/s1. The SMILES string of the molecule is C=C(C)[C@@H]1CC[C@]2(CO)C3CC4C5(C)CCC[C@@]4(C2C1)[C@H](O3)N(CCO)C5. The highest BCUT2D eigenvalue weighted by Gasteiger charge is 2.75. The maximum atomic E-state index is 10.7. The third kappa shape index (κ3) is 2.19. The first-order valence-electron chi connectivity index (χ1n) is 11.2. The van der Waals surface area contributed by atoms with Crippen LogP contribution in [-0.4, -0.2) is 53.7 Å². The van der Waals surface area contributed by atoms with Crippen LogP contribution in [0.15, 0.2) is 12.2 Å². The van der Waals surface area contributed by atoms with Crippen molar-refractivity contribution >= 4 is 0 Å². The van der Waals surface area contributed by atoms with Gasteiger partial charge in [0.25, 0.3) is 0 Å². The van der Waals surface area contributed by atoms with Crippen molar-refractivity contribution in [2.45, 2.75) is 71.1 Å². The van der Waals surface area contributed by atoms with Crippen LogP contribution in [-0.2, 0) is 4.74 Å². The molecule has 0 amide bonds. The van der Waals surface area contributed by atoms with Crippen molar-refractivity contribution in [2.75, 3.05) is 26.3 Å². The van der Waals surface area contributed by atoms with E-state index in [2.05, 4.69) is 25.3 Å². The molecule has 4 heteroatoms. The zero-order valence-electron chi connectivity index (χ0n) is 17.1. The van der Waals surface area contributed by atoms with Crippen LogP contribution in [0.5, 0.6) is 0 Å². The van der Waals surface area contributed by atoms with E-state index in [0.29, 0.717) is 29.7 Å². The Labute approximate surface area is 164 Å². The number of piperidine rings is 1. The van der Waals surface area contributed by atoms with Crippen LogP contribution in [0.1, 0.15) is 58.8 Å². The summed E-state index contributed by atoms with van der Waals surface area (Å²) in [5, 5.41) is 20.4. The average molecular weight is 376 g/mol. The summed E-state index contributed by atoms with van der Waals surface area (Å²) >= 11 is 0. The third-order valence-electron chi connectivity index (χ3n) is 9.79. The van der Waals surface area contributed by atoms with Crippen molar-refractivity contribution in [3.63, 3.8) is 0 Å². The van der Waals surface area contributed by atoms with E-state index in [1.54, 1.807) is 0 Å². The zero-order valence-corrected chi connectivity index (χ0v) is 17.1. The molecule has 0 aromatic rings. The number of aliphatic hydroxyl groups excluding tert-OH is 2. The van der Waals surface area contributed by atoms with Crippen LogP contribution in [0.4, 0.5) is 0 Å². The number of β-amino-alcohol motifs (C(OH)–C–C–N with tert-alkyl or cyclic N) is 1. The highest BCUT2D eigenvalue weighted by molar-refractivity contribution is 5.23. The number of hydrogen-bond donors (Lipinski definition) is 2. The summed E-state index contributed by atoms with van der Waals surface area (Å²) in [5.41, 5.74) is 1.73. The summed E-state index contributed by atoms with van der Waals surface area (Å²) in [6, 6.07) is 0. The van der Waals surface area contributed by atoms with Gasteiger partial charge in [0.05, 0.1) is 19.3 Å². The Kier molecular flexibility index (Phi) is 4.16. The second-order valence-corrected chi connectivity index (χ2v) is 10.8. The van der Waals surface area contributed by atoms with Crippen molar-refractivity contribution in [2.24, 2.45) is 34.0 Å². The number of ether oxygens (including phenoxy) is 1. The fourth-order valence-electron chi connectivity index (χ4n) is 8.73. The van der Waals surface area contributed by atoms with Crippen LogP contribution in [0.25, 0.3) is 0 Å². The first kappa shape index (κ1) is 18.6. The molecular formula is C23H37NO3.